The number of benzene rings is 2. The molecule has 7 heteroatoms. The molecule has 1 atom stereocenters. The van der Waals surface area contributed by atoms with Crippen molar-refractivity contribution in [3.63, 3.8) is 0 Å². The van der Waals surface area contributed by atoms with E-state index < -0.39 is 10.0 Å². The number of nitrogens with zero attached hydrogens (tertiary/aromatic N) is 2. The molecule has 1 aliphatic carbocycles. The van der Waals surface area contributed by atoms with Crippen molar-refractivity contribution in [3.05, 3.63) is 58.6 Å². The van der Waals surface area contributed by atoms with E-state index >= 15 is 0 Å². The molecule has 30 heavy (non-hydrogen) atoms. The van der Waals surface area contributed by atoms with Crippen LogP contribution in [-0.2, 0) is 21.2 Å². The van der Waals surface area contributed by atoms with Gasteiger partial charge in [-0.05, 0) is 62.1 Å². The Labute approximate surface area is 187 Å². The molecule has 0 radical (unpaired) electrons. The number of amides is 1. The molecule has 0 N–H and O–H groups in total. The number of halogens is 1. The Hall–Kier alpha value is -1.70. The molecule has 0 bridgehead atoms. The molecule has 0 saturated heterocycles. The number of hydrogen-bond acceptors (Lipinski definition) is 3. The van der Waals surface area contributed by atoms with Crippen LogP contribution in [0.5, 0.6) is 0 Å². The summed E-state index contributed by atoms with van der Waals surface area (Å²) in [6.45, 7) is 1.89. The van der Waals surface area contributed by atoms with E-state index in [1.165, 1.54) is 4.31 Å². The van der Waals surface area contributed by atoms with Gasteiger partial charge in [0.2, 0.25) is 15.9 Å². The standard InChI is InChI=1S/C23H27BrN2O3S/c1-17-14-18-15-19(24)12-13-22(18)26(17)23(27)16-25(20-8-4-2-5-9-20)30(28,29)21-10-6-3-7-11-21/h3,6-7,10-13,15,17,20H,2,4-5,8-9,14,16H2,1H3/t17-/m0/s1. The predicted molar refractivity (Wildman–Crippen MR) is 122 cm³/mol. The Morgan fingerprint density at radius 3 is 2.50 bits per heavy atom. The number of rotatable bonds is 5. The molecule has 1 heterocycles. The lowest BCUT2D eigenvalue weighted by Crippen LogP contribution is -2.49. The molecule has 0 unspecified atom stereocenters. The molecule has 4 rings (SSSR count). The van der Waals surface area contributed by atoms with E-state index in [1.54, 1.807) is 35.2 Å². The van der Waals surface area contributed by atoms with E-state index in [2.05, 4.69) is 15.9 Å². The van der Waals surface area contributed by atoms with Crippen molar-refractivity contribution in [1.29, 1.82) is 0 Å². The molecule has 1 aliphatic heterocycles. The minimum absolute atomic E-state index is 0.00874. The second-order valence-electron chi connectivity index (χ2n) is 8.25. The normalized spacial score (nSPS) is 19.8. The molecule has 160 valence electrons. The Morgan fingerprint density at radius 2 is 1.80 bits per heavy atom. The van der Waals surface area contributed by atoms with Crippen LogP contribution in [0.15, 0.2) is 57.9 Å². The molecule has 2 aromatic carbocycles. The highest BCUT2D eigenvalue weighted by Gasteiger charge is 2.38. The van der Waals surface area contributed by atoms with E-state index in [-0.39, 0.29) is 29.4 Å². The number of carbonyl (C=O) groups excluding carboxylic acids is 1. The van der Waals surface area contributed by atoms with E-state index in [1.807, 2.05) is 25.1 Å². The number of hydrogen-bond donors (Lipinski definition) is 0. The largest absolute Gasteiger partial charge is 0.308 e. The molecule has 1 saturated carbocycles. The summed E-state index contributed by atoms with van der Waals surface area (Å²) in [7, 11) is -3.75. The number of fused-ring (bicyclic) bond motifs is 1. The molecular formula is C23H27BrN2O3S. The van der Waals surface area contributed by atoms with Gasteiger partial charge >= 0.3 is 0 Å². The third-order valence-corrected chi connectivity index (χ3v) is 8.55. The molecule has 0 aromatic heterocycles. The number of carbonyl (C=O) groups is 1. The van der Waals surface area contributed by atoms with Crippen LogP contribution in [0.2, 0.25) is 0 Å². The highest BCUT2D eigenvalue weighted by Crippen LogP contribution is 2.35. The van der Waals surface area contributed by atoms with Gasteiger partial charge < -0.3 is 4.90 Å². The Balaban J connectivity index is 1.65. The first-order chi connectivity index (χ1) is 14.4. The van der Waals surface area contributed by atoms with Gasteiger partial charge in [-0.15, -0.1) is 0 Å². The lowest BCUT2D eigenvalue weighted by atomic mass is 9.95. The molecule has 0 spiro atoms. The monoisotopic (exact) mass is 490 g/mol. The maximum atomic E-state index is 13.5. The molecule has 1 amide bonds. The lowest BCUT2D eigenvalue weighted by molar-refractivity contribution is -0.119. The van der Waals surface area contributed by atoms with Gasteiger partial charge in [0, 0.05) is 22.2 Å². The third-order valence-electron chi connectivity index (χ3n) is 6.15. The average molecular weight is 491 g/mol. The second-order valence-corrected chi connectivity index (χ2v) is 11.1. The predicted octanol–water partition coefficient (Wildman–Crippen LogP) is 4.75. The number of sulfonamides is 1. The van der Waals surface area contributed by atoms with Gasteiger partial charge in [0.05, 0.1) is 11.4 Å². The smallest absolute Gasteiger partial charge is 0.243 e. The van der Waals surface area contributed by atoms with Crippen molar-refractivity contribution in [1.82, 2.24) is 4.31 Å². The van der Waals surface area contributed by atoms with Crippen LogP contribution in [0.25, 0.3) is 0 Å². The van der Waals surface area contributed by atoms with E-state index in [0.717, 1.165) is 54.2 Å². The van der Waals surface area contributed by atoms with Crippen molar-refractivity contribution in [3.8, 4) is 0 Å². The van der Waals surface area contributed by atoms with Gasteiger partial charge in [-0.3, -0.25) is 4.79 Å². The molecule has 1 fully saturated rings. The summed E-state index contributed by atoms with van der Waals surface area (Å²) in [6.07, 6.45) is 5.49. The second kappa shape index (κ2) is 8.81. The maximum Gasteiger partial charge on any atom is 0.243 e. The minimum atomic E-state index is -3.75. The van der Waals surface area contributed by atoms with Crippen LogP contribution >= 0.6 is 15.9 Å². The zero-order chi connectivity index (χ0) is 21.3. The SMILES string of the molecule is C[C@H]1Cc2cc(Br)ccc2N1C(=O)CN(C1CCCCC1)S(=O)(=O)c1ccccc1. The minimum Gasteiger partial charge on any atom is -0.308 e. The fraction of sp³-hybridized carbons (Fsp3) is 0.435. The zero-order valence-electron chi connectivity index (χ0n) is 17.1. The average Bonchev–Trinajstić information content (AvgIpc) is 3.07. The van der Waals surface area contributed by atoms with Crippen molar-refractivity contribution in [2.75, 3.05) is 11.4 Å². The highest BCUT2D eigenvalue weighted by atomic mass is 79.9. The quantitative estimate of drug-likeness (QED) is 0.607. The molecule has 2 aromatic rings. The topological polar surface area (TPSA) is 57.7 Å². The summed E-state index contributed by atoms with van der Waals surface area (Å²) < 4.78 is 29.5. The summed E-state index contributed by atoms with van der Waals surface area (Å²) >= 11 is 3.50. The van der Waals surface area contributed by atoms with Crippen molar-refractivity contribution in [2.24, 2.45) is 0 Å². The lowest BCUT2D eigenvalue weighted by Gasteiger charge is -2.34. The van der Waals surface area contributed by atoms with E-state index in [9.17, 15) is 13.2 Å². The van der Waals surface area contributed by atoms with Gasteiger partial charge in [0.15, 0.2) is 0 Å². The van der Waals surface area contributed by atoms with Gasteiger partial charge in [0.25, 0.3) is 0 Å². The molecule has 2 aliphatic rings. The van der Waals surface area contributed by atoms with Crippen LogP contribution in [0, 0.1) is 0 Å². The summed E-state index contributed by atoms with van der Waals surface area (Å²) in [5.41, 5.74) is 2.00. The van der Waals surface area contributed by atoms with Crippen LogP contribution in [0.4, 0.5) is 5.69 Å². The van der Waals surface area contributed by atoms with Crippen molar-refractivity contribution in [2.45, 2.75) is 62.4 Å². The molecular weight excluding hydrogens is 464 g/mol. The van der Waals surface area contributed by atoms with E-state index in [4.69, 9.17) is 0 Å². The Bertz CT molecular complexity index is 1020. The Kier molecular flexibility index (Phi) is 6.32. The highest BCUT2D eigenvalue weighted by molar-refractivity contribution is 9.10. The zero-order valence-corrected chi connectivity index (χ0v) is 19.5. The van der Waals surface area contributed by atoms with Crippen LogP contribution < -0.4 is 4.90 Å². The first-order valence-electron chi connectivity index (χ1n) is 10.6. The summed E-state index contributed by atoms with van der Waals surface area (Å²) in [5.74, 6) is -0.159. The first-order valence-corrected chi connectivity index (χ1v) is 12.8. The fourth-order valence-electron chi connectivity index (χ4n) is 4.70. The van der Waals surface area contributed by atoms with Gasteiger partial charge in [-0.1, -0.05) is 53.4 Å². The van der Waals surface area contributed by atoms with Crippen molar-refractivity contribution >= 4 is 37.5 Å². The van der Waals surface area contributed by atoms with Gasteiger partial charge in [-0.2, -0.15) is 4.31 Å². The van der Waals surface area contributed by atoms with Crippen LogP contribution in [-0.4, -0.2) is 37.3 Å². The summed E-state index contributed by atoms with van der Waals surface area (Å²) in [5, 5.41) is 0. The Morgan fingerprint density at radius 1 is 1.10 bits per heavy atom. The van der Waals surface area contributed by atoms with Gasteiger partial charge in [0.1, 0.15) is 0 Å². The summed E-state index contributed by atoms with van der Waals surface area (Å²) in [4.78, 5) is 15.5. The van der Waals surface area contributed by atoms with Gasteiger partial charge in [-0.25, -0.2) is 8.42 Å². The number of anilines is 1. The van der Waals surface area contributed by atoms with Crippen LogP contribution in [0.3, 0.4) is 0 Å². The molecule has 5 nitrogen and oxygen atoms in total. The fourth-order valence-corrected chi connectivity index (χ4v) is 6.76. The van der Waals surface area contributed by atoms with Crippen molar-refractivity contribution < 1.29 is 13.2 Å². The first kappa shape index (κ1) is 21.5. The third kappa shape index (κ3) is 4.20. The van der Waals surface area contributed by atoms with Crippen LogP contribution in [0.1, 0.15) is 44.6 Å². The summed E-state index contributed by atoms with van der Waals surface area (Å²) in [6, 6.07) is 14.3. The maximum absolute atomic E-state index is 13.5. The van der Waals surface area contributed by atoms with E-state index in [0.29, 0.717) is 0 Å².